The number of aliphatic imine (C=N–C) groups is 1. The van der Waals surface area contributed by atoms with Crippen molar-refractivity contribution >= 4 is 41.5 Å². The fraction of sp³-hybridized carbons (Fsp3) is 0.619. The minimum Gasteiger partial charge on any atom is -0.366 e. The smallest absolute Gasteiger partial charge is 0.223 e. The van der Waals surface area contributed by atoms with Gasteiger partial charge in [0.05, 0.1) is 5.69 Å². The number of halogens is 3. The Balaban J connectivity index is 0.00000320. The Morgan fingerprint density at radius 1 is 1.17 bits per heavy atom. The van der Waals surface area contributed by atoms with Crippen LogP contribution in [0.2, 0.25) is 0 Å². The molecule has 1 amide bonds. The first kappa shape index (κ1) is 24.6. The SMILES string of the molecule is CCNC(=NCCCNC(=O)C1CCC1)N1CCN(c2cc(F)ccc2F)CC1.I. The zero-order valence-corrected chi connectivity index (χ0v) is 19.8. The first-order valence-electron chi connectivity index (χ1n) is 10.6. The molecule has 0 atom stereocenters. The van der Waals surface area contributed by atoms with E-state index in [0.717, 1.165) is 44.3 Å². The highest BCUT2D eigenvalue weighted by atomic mass is 127. The maximum absolute atomic E-state index is 14.0. The highest BCUT2D eigenvalue weighted by Gasteiger charge is 2.24. The molecule has 0 unspecified atom stereocenters. The fourth-order valence-corrected chi connectivity index (χ4v) is 3.60. The van der Waals surface area contributed by atoms with E-state index in [1.807, 2.05) is 11.8 Å². The number of hydrogen-bond acceptors (Lipinski definition) is 3. The van der Waals surface area contributed by atoms with Crippen LogP contribution < -0.4 is 15.5 Å². The predicted molar refractivity (Wildman–Crippen MR) is 127 cm³/mol. The summed E-state index contributed by atoms with van der Waals surface area (Å²) in [5.74, 6) is 0.396. The number of guanidine groups is 1. The summed E-state index contributed by atoms with van der Waals surface area (Å²) >= 11 is 0. The van der Waals surface area contributed by atoms with Gasteiger partial charge in [-0.2, -0.15) is 0 Å². The fourth-order valence-electron chi connectivity index (χ4n) is 3.60. The lowest BCUT2D eigenvalue weighted by atomic mass is 9.85. The number of nitrogens with one attached hydrogen (secondary N) is 2. The lowest BCUT2D eigenvalue weighted by molar-refractivity contribution is -0.127. The Morgan fingerprint density at radius 3 is 2.53 bits per heavy atom. The molecule has 9 heteroatoms. The van der Waals surface area contributed by atoms with Crippen molar-refractivity contribution in [2.75, 3.05) is 50.7 Å². The molecule has 0 bridgehead atoms. The van der Waals surface area contributed by atoms with Gasteiger partial charge < -0.3 is 20.4 Å². The third-order valence-corrected chi connectivity index (χ3v) is 5.53. The van der Waals surface area contributed by atoms with Crippen molar-refractivity contribution in [1.29, 1.82) is 0 Å². The van der Waals surface area contributed by atoms with E-state index in [4.69, 9.17) is 0 Å². The van der Waals surface area contributed by atoms with Gasteiger partial charge in [-0.3, -0.25) is 9.79 Å². The minimum absolute atomic E-state index is 0. The Hall–Kier alpha value is -1.65. The van der Waals surface area contributed by atoms with E-state index in [1.165, 1.54) is 12.1 Å². The standard InChI is InChI=1S/C21H31F2N5O.HI/c1-2-24-21(26-10-4-9-25-20(29)16-5-3-6-16)28-13-11-27(12-14-28)19-15-17(22)7-8-18(19)23;/h7-8,15-16H,2-6,9-14H2,1H3,(H,24,26)(H,25,29);1H. The van der Waals surface area contributed by atoms with Gasteiger partial charge in [0.2, 0.25) is 5.91 Å². The van der Waals surface area contributed by atoms with Gasteiger partial charge in [-0.05, 0) is 38.3 Å². The molecule has 2 N–H and O–H groups in total. The van der Waals surface area contributed by atoms with E-state index < -0.39 is 11.6 Å². The number of hydrogen-bond donors (Lipinski definition) is 2. The molecule has 2 aliphatic rings. The Labute approximate surface area is 194 Å². The summed E-state index contributed by atoms with van der Waals surface area (Å²) in [4.78, 5) is 20.5. The van der Waals surface area contributed by atoms with Gasteiger partial charge >= 0.3 is 0 Å². The average Bonchev–Trinajstić information content (AvgIpc) is 2.67. The van der Waals surface area contributed by atoms with Gasteiger partial charge in [-0.25, -0.2) is 8.78 Å². The molecule has 1 aromatic carbocycles. The third kappa shape index (κ3) is 6.68. The molecule has 1 saturated carbocycles. The molecule has 6 nitrogen and oxygen atoms in total. The normalized spacial score (nSPS) is 17.2. The molecule has 0 aromatic heterocycles. The van der Waals surface area contributed by atoms with Crippen LogP contribution in [-0.4, -0.2) is 62.6 Å². The maximum atomic E-state index is 14.0. The maximum Gasteiger partial charge on any atom is 0.223 e. The van der Waals surface area contributed by atoms with E-state index >= 15 is 0 Å². The van der Waals surface area contributed by atoms with Crippen LogP contribution in [0, 0.1) is 17.6 Å². The second-order valence-corrected chi connectivity index (χ2v) is 7.58. The van der Waals surface area contributed by atoms with E-state index in [0.29, 0.717) is 45.0 Å². The van der Waals surface area contributed by atoms with Crippen molar-refractivity contribution < 1.29 is 13.6 Å². The van der Waals surface area contributed by atoms with Crippen LogP contribution in [0.3, 0.4) is 0 Å². The molecule has 30 heavy (non-hydrogen) atoms. The molecule has 168 valence electrons. The van der Waals surface area contributed by atoms with Crippen LogP contribution in [0.25, 0.3) is 0 Å². The number of carbonyl (C=O) groups excluding carboxylic acids is 1. The summed E-state index contributed by atoms with van der Waals surface area (Å²) in [7, 11) is 0. The summed E-state index contributed by atoms with van der Waals surface area (Å²) in [5, 5.41) is 6.29. The van der Waals surface area contributed by atoms with Crippen LogP contribution in [0.1, 0.15) is 32.6 Å². The summed E-state index contributed by atoms with van der Waals surface area (Å²) in [6, 6.07) is 3.56. The predicted octanol–water partition coefficient (Wildman–Crippen LogP) is 2.98. The van der Waals surface area contributed by atoms with Crippen molar-refractivity contribution in [1.82, 2.24) is 15.5 Å². The molecular weight excluding hydrogens is 503 g/mol. The number of rotatable bonds is 7. The monoisotopic (exact) mass is 535 g/mol. The van der Waals surface area contributed by atoms with Crippen LogP contribution in [0.5, 0.6) is 0 Å². The highest BCUT2D eigenvalue weighted by molar-refractivity contribution is 14.0. The van der Waals surface area contributed by atoms with Gasteiger partial charge in [0.15, 0.2) is 5.96 Å². The lowest BCUT2D eigenvalue weighted by Gasteiger charge is -2.37. The Bertz CT molecular complexity index is 721. The molecule has 0 spiro atoms. The summed E-state index contributed by atoms with van der Waals surface area (Å²) in [6.07, 6.45) is 3.98. The quantitative estimate of drug-likeness (QED) is 0.244. The van der Waals surface area contributed by atoms with E-state index in [-0.39, 0.29) is 35.8 Å². The minimum atomic E-state index is -0.428. The second kappa shape index (κ2) is 12.3. The molecular formula is C21H32F2IN5O. The van der Waals surface area contributed by atoms with E-state index in [9.17, 15) is 13.6 Å². The van der Waals surface area contributed by atoms with Crippen molar-refractivity contribution in [3.05, 3.63) is 29.8 Å². The zero-order valence-electron chi connectivity index (χ0n) is 17.5. The summed E-state index contributed by atoms with van der Waals surface area (Å²) in [5.41, 5.74) is 0.314. The van der Waals surface area contributed by atoms with Crippen molar-refractivity contribution in [2.24, 2.45) is 10.9 Å². The number of benzene rings is 1. The highest BCUT2D eigenvalue weighted by Crippen LogP contribution is 2.26. The number of piperazine rings is 1. The second-order valence-electron chi connectivity index (χ2n) is 7.58. The van der Waals surface area contributed by atoms with Crippen LogP contribution in [0.15, 0.2) is 23.2 Å². The van der Waals surface area contributed by atoms with Crippen LogP contribution in [0.4, 0.5) is 14.5 Å². The largest absolute Gasteiger partial charge is 0.366 e. The molecule has 1 heterocycles. The number of carbonyl (C=O) groups is 1. The Morgan fingerprint density at radius 2 is 1.90 bits per heavy atom. The number of nitrogens with zero attached hydrogens (tertiary/aromatic N) is 3. The zero-order chi connectivity index (χ0) is 20.6. The first-order chi connectivity index (χ1) is 14.1. The van der Waals surface area contributed by atoms with Crippen LogP contribution >= 0.6 is 24.0 Å². The van der Waals surface area contributed by atoms with E-state index in [2.05, 4.69) is 20.5 Å². The first-order valence-corrected chi connectivity index (χ1v) is 10.6. The molecule has 1 aliphatic carbocycles. The van der Waals surface area contributed by atoms with Crippen LogP contribution in [-0.2, 0) is 4.79 Å². The third-order valence-electron chi connectivity index (χ3n) is 5.53. The number of anilines is 1. The van der Waals surface area contributed by atoms with Crippen molar-refractivity contribution in [2.45, 2.75) is 32.6 Å². The van der Waals surface area contributed by atoms with Gasteiger partial charge in [0.25, 0.3) is 0 Å². The van der Waals surface area contributed by atoms with Crippen molar-refractivity contribution in [3.63, 3.8) is 0 Å². The summed E-state index contributed by atoms with van der Waals surface area (Å²) < 4.78 is 27.5. The molecule has 1 aliphatic heterocycles. The lowest BCUT2D eigenvalue weighted by Crippen LogP contribution is -2.52. The van der Waals surface area contributed by atoms with Gasteiger partial charge in [-0.15, -0.1) is 24.0 Å². The topological polar surface area (TPSA) is 60.0 Å². The van der Waals surface area contributed by atoms with Crippen molar-refractivity contribution in [3.8, 4) is 0 Å². The van der Waals surface area contributed by atoms with Gasteiger partial charge in [-0.1, -0.05) is 6.42 Å². The molecule has 0 radical (unpaired) electrons. The average molecular weight is 535 g/mol. The Kier molecular flexibility index (Phi) is 10.1. The molecule has 3 rings (SSSR count). The van der Waals surface area contributed by atoms with Gasteiger partial charge in [0, 0.05) is 57.8 Å². The van der Waals surface area contributed by atoms with Gasteiger partial charge in [0.1, 0.15) is 11.6 Å². The summed E-state index contributed by atoms with van der Waals surface area (Å²) in [6.45, 7) is 6.62. The molecule has 2 fully saturated rings. The molecule has 1 saturated heterocycles. The number of amides is 1. The van der Waals surface area contributed by atoms with E-state index in [1.54, 1.807) is 0 Å². The molecule has 1 aromatic rings.